The number of halogens is 1. The Labute approximate surface area is 196 Å². The van der Waals surface area contributed by atoms with Crippen molar-refractivity contribution in [2.75, 3.05) is 11.3 Å². The fourth-order valence-corrected chi connectivity index (χ4v) is 4.16. The molecule has 0 spiro atoms. The molecule has 0 unspecified atom stereocenters. The van der Waals surface area contributed by atoms with E-state index in [1.165, 1.54) is 30.6 Å². The van der Waals surface area contributed by atoms with Crippen LogP contribution >= 0.6 is 0 Å². The summed E-state index contributed by atoms with van der Waals surface area (Å²) in [5, 5.41) is 0. The molecule has 2 heterocycles. The number of aromatic nitrogens is 4. The first-order valence-corrected chi connectivity index (χ1v) is 11.8. The number of imidazole rings is 1. The maximum absolute atomic E-state index is 14.1. The van der Waals surface area contributed by atoms with Gasteiger partial charge in [0.2, 0.25) is 5.88 Å². The lowest BCUT2D eigenvalue weighted by atomic mass is 10.3. The molecular formula is C23H22FN5O4S. The van der Waals surface area contributed by atoms with Gasteiger partial charge < -0.3 is 9.47 Å². The van der Waals surface area contributed by atoms with Crippen LogP contribution in [0.1, 0.15) is 18.3 Å². The molecule has 176 valence electrons. The summed E-state index contributed by atoms with van der Waals surface area (Å²) in [6, 6.07) is 11.4. The molecule has 4 rings (SSSR count). The Hall–Kier alpha value is -3.99. The summed E-state index contributed by atoms with van der Waals surface area (Å²) in [4.78, 5) is 12.4. The zero-order valence-corrected chi connectivity index (χ0v) is 19.5. The highest BCUT2D eigenvalue weighted by Crippen LogP contribution is 2.26. The first-order valence-electron chi connectivity index (χ1n) is 10.3. The molecular weight excluding hydrogens is 461 g/mol. The standard InChI is InChI=1S/C23H22FN5O4S/c1-4-32-21-10-9-19(11-20(21)24)34(30,31)28-17-5-7-18(8-6-17)33-23-12-22(25-13-26-23)29-14-27-15(2)16(29)3/h5-14,28H,4H2,1-3H3. The molecule has 0 aliphatic carbocycles. The van der Waals surface area contributed by atoms with Crippen molar-refractivity contribution >= 4 is 15.7 Å². The van der Waals surface area contributed by atoms with Crippen molar-refractivity contribution in [3.05, 3.63) is 78.4 Å². The normalized spacial score (nSPS) is 11.3. The van der Waals surface area contributed by atoms with Crippen molar-refractivity contribution in [3.8, 4) is 23.2 Å². The molecule has 0 fully saturated rings. The largest absolute Gasteiger partial charge is 0.491 e. The molecule has 0 saturated heterocycles. The number of aryl methyl sites for hydroxylation is 1. The molecule has 11 heteroatoms. The Kier molecular flexibility index (Phi) is 6.46. The molecule has 9 nitrogen and oxygen atoms in total. The van der Waals surface area contributed by atoms with E-state index in [1.807, 2.05) is 18.4 Å². The number of ether oxygens (including phenoxy) is 2. The second-order valence-corrected chi connectivity index (χ2v) is 8.94. The molecule has 2 aromatic carbocycles. The second kappa shape index (κ2) is 9.48. The molecule has 0 aliphatic heterocycles. The molecule has 34 heavy (non-hydrogen) atoms. The zero-order valence-electron chi connectivity index (χ0n) is 18.7. The number of anilines is 1. The van der Waals surface area contributed by atoms with Crippen LogP contribution in [0.5, 0.6) is 17.4 Å². The third-order valence-corrected chi connectivity index (χ3v) is 6.35. The quantitative estimate of drug-likeness (QED) is 0.395. The summed E-state index contributed by atoms with van der Waals surface area (Å²) in [5.74, 6) is 0.607. The Morgan fingerprint density at radius 3 is 2.44 bits per heavy atom. The number of nitrogens with one attached hydrogen (secondary N) is 1. The minimum atomic E-state index is -3.99. The van der Waals surface area contributed by atoms with E-state index >= 15 is 0 Å². The number of sulfonamides is 1. The van der Waals surface area contributed by atoms with E-state index in [-0.39, 0.29) is 22.9 Å². The van der Waals surface area contributed by atoms with Gasteiger partial charge in [-0.05, 0) is 63.2 Å². The van der Waals surface area contributed by atoms with E-state index in [1.54, 1.807) is 31.5 Å². The van der Waals surface area contributed by atoms with Gasteiger partial charge in [0.15, 0.2) is 11.6 Å². The number of benzene rings is 2. The fraction of sp³-hybridized carbons (Fsp3) is 0.174. The van der Waals surface area contributed by atoms with E-state index in [9.17, 15) is 12.8 Å². The van der Waals surface area contributed by atoms with Gasteiger partial charge in [-0.25, -0.2) is 27.8 Å². The predicted octanol–water partition coefficient (Wildman–Crippen LogP) is 4.41. The Bertz CT molecular complexity index is 1420. The maximum Gasteiger partial charge on any atom is 0.262 e. The molecule has 2 aromatic heterocycles. The van der Waals surface area contributed by atoms with E-state index in [4.69, 9.17) is 9.47 Å². The highest BCUT2D eigenvalue weighted by atomic mass is 32.2. The van der Waals surface area contributed by atoms with Gasteiger partial charge in [0.25, 0.3) is 10.0 Å². The summed E-state index contributed by atoms with van der Waals surface area (Å²) in [5.41, 5.74) is 2.13. The van der Waals surface area contributed by atoms with Gasteiger partial charge in [-0.1, -0.05) is 0 Å². The lowest BCUT2D eigenvalue weighted by Gasteiger charge is -2.11. The SMILES string of the molecule is CCOc1ccc(S(=O)(=O)Nc2ccc(Oc3cc(-n4cnc(C)c4C)ncn3)cc2)cc1F. The summed E-state index contributed by atoms with van der Waals surface area (Å²) < 4.78 is 54.5. The molecule has 1 N–H and O–H groups in total. The minimum Gasteiger partial charge on any atom is -0.491 e. The predicted molar refractivity (Wildman–Crippen MR) is 124 cm³/mol. The third kappa shape index (κ3) is 4.99. The number of nitrogens with zero attached hydrogens (tertiary/aromatic N) is 4. The van der Waals surface area contributed by atoms with Crippen molar-refractivity contribution < 1.29 is 22.3 Å². The Morgan fingerprint density at radius 2 is 1.79 bits per heavy atom. The molecule has 0 aliphatic rings. The summed E-state index contributed by atoms with van der Waals surface area (Å²) >= 11 is 0. The number of hydrogen-bond acceptors (Lipinski definition) is 7. The van der Waals surface area contributed by atoms with Crippen molar-refractivity contribution in [2.45, 2.75) is 25.7 Å². The van der Waals surface area contributed by atoms with Crippen LogP contribution in [-0.2, 0) is 10.0 Å². The zero-order chi connectivity index (χ0) is 24.3. The monoisotopic (exact) mass is 483 g/mol. The van der Waals surface area contributed by atoms with Crippen LogP contribution in [0, 0.1) is 19.7 Å². The smallest absolute Gasteiger partial charge is 0.262 e. The minimum absolute atomic E-state index is 0.00540. The van der Waals surface area contributed by atoms with Gasteiger partial charge in [-0.3, -0.25) is 9.29 Å². The Balaban J connectivity index is 1.47. The molecule has 0 saturated carbocycles. The lowest BCUT2D eigenvalue weighted by Crippen LogP contribution is -2.13. The number of hydrogen-bond donors (Lipinski definition) is 1. The third-order valence-electron chi connectivity index (χ3n) is 4.97. The average molecular weight is 484 g/mol. The first kappa shape index (κ1) is 23.2. The fourth-order valence-electron chi connectivity index (χ4n) is 3.09. The summed E-state index contributed by atoms with van der Waals surface area (Å²) in [6.45, 7) is 5.83. The van der Waals surface area contributed by atoms with Gasteiger partial charge in [-0.15, -0.1) is 0 Å². The molecule has 4 aromatic rings. The summed E-state index contributed by atoms with van der Waals surface area (Å²) in [6.07, 6.45) is 3.06. The van der Waals surface area contributed by atoms with Gasteiger partial charge in [-0.2, -0.15) is 0 Å². The van der Waals surface area contributed by atoms with Crippen LogP contribution in [-0.4, -0.2) is 34.5 Å². The van der Waals surface area contributed by atoms with Crippen LogP contribution in [0.2, 0.25) is 0 Å². The van der Waals surface area contributed by atoms with E-state index in [2.05, 4.69) is 19.7 Å². The van der Waals surface area contributed by atoms with Crippen LogP contribution < -0.4 is 14.2 Å². The highest BCUT2D eigenvalue weighted by molar-refractivity contribution is 7.92. The first-order chi connectivity index (χ1) is 16.3. The lowest BCUT2D eigenvalue weighted by molar-refractivity contribution is 0.321. The van der Waals surface area contributed by atoms with Gasteiger partial charge in [0, 0.05) is 17.4 Å². The summed E-state index contributed by atoms with van der Waals surface area (Å²) in [7, 11) is -3.99. The van der Waals surface area contributed by atoms with Gasteiger partial charge >= 0.3 is 0 Å². The van der Waals surface area contributed by atoms with Crippen LogP contribution in [0.3, 0.4) is 0 Å². The molecule has 0 atom stereocenters. The van der Waals surface area contributed by atoms with Crippen LogP contribution in [0.4, 0.5) is 10.1 Å². The van der Waals surface area contributed by atoms with Crippen LogP contribution in [0.25, 0.3) is 5.82 Å². The van der Waals surface area contributed by atoms with Gasteiger partial charge in [0.05, 0.1) is 17.2 Å². The van der Waals surface area contributed by atoms with Crippen molar-refractivity contribution in [1.82, 2.24) is 19.5 Å². The maximum atomic E-state index is 14.1. The van der Waals surface area contributed by atoms with Crippen LogP contribution in [0.15, 0.2) is 66.1 Å². The van der Waals surface area contributed by atoms with Crippen molar-refractivity contribution in [3.63, 3.8) is 0 Å². The second-order valence-electron chi connectivity index (χ2n) is 7.26. The van der Waals surface area contributed by atoms with E-state index < -0.39 is 15.8 Å². The topological polar surface area (TPSA) is 108 Å². The van der Waals surface area contributed by atoms with Gasteiger partial charge in [0.1, 0.15) is 24.2 Å². The highest BCUT2D eigenvalue weighted by Gasteiger charge is 2.17. The van der Waals surface area contributed by atoms with Crippen molar-refractivity contribution in [1.29, 1.82) is 0 Å². The number of rotatable bonds is 8. The van der Waals surface area contributed by atoms with E-state index in [0.29, 0.717) is 17.4 Å². The average Bonchev–Trinajstić information content (AvgIpc) is 3.15. The van der Waals surface area contributed by atoms with E-state index in [0.717, 1.165) is 17.5 Å². The molecule has 0 bridgehead atoms. The Morgan fingerprint density at radius 1 is 1.03 bits per heavy atom. The molecule has 0 amide bonds. The molecule has 0 radical (unpaired) electrons. The van der Waals surface area contributed by atoms with Crippen molar-refractivity contribution in [2.24, 2.45) is 0 Å².